The lowest BCUT2D eigenvalue weighted by molar-refractivity contribution is 0.296. The zero-order valence-electron chi connectivity index (χ0n) is 11.7. The Kier molecular flexibility index (Phi) is 5.91. The lowest BCUT2D eigenvalue weighted by atomic mass is 9.85. The molecule has 0 heterocycles. The molecule has 4 nitrogen and oxygen atoms in total. The molecule has 21 heavy (non-hydrogen) atoms. The van der Waals surface area contributed by atoms with Crippen LogP contribution in [0.3, 0.4) is 0 Å². The van der Waals surface area contributed by atoms with E-state index < -0.39 is 10.0 Å². The summed E-state index contributed by atoms with van der Waals surface area (Å²) in [6.45, 7) is 0.514. The quantitative estimate of drug-likeness (QED) is 0.857. The van der Waals surface area contributed by atoms with Gasteiger partial charge in [0.15, 0.2) is 0 Å². The Bertz CT molecular complexity index is 593. The van der Waals surface area contributed by atoms with Gasteiger partial charge in [0.1, 0.15) is 0 Å². The average Bonchev–Trinajstić information content (AvgIpc) is 2.43. The van der Waals surface area contributed by atoms with E-state index in [2.05, 4.69) is 4.72 Å². The number of halogens is 2. The van der Waals surface area contributed by atoms with Crippen LogP contribution in [0.15, 0.2) is 18.2 Å². The first kappa shape index (κ1) is 17.0. The molecule has 118 valence electrons. The van der Waals surface area contributed by atoms with E-state index in [1.165, 1.54) is 0 Å². The third kappa shape index (κ3) is 4.83. The maximum atomic E-state index is 12.3. The number of nitrogens with one attached hydrogen (secondary N) is 1. The zero-order chi connectivity index (χ0) is 15.5. The van der Waals surface area contributed by atoms with Gasteiger partial charge < -0.3 is 5.73 Å². The number of sulfonamides is 1. The van der Waals surface area contributed by atoms with Crippen LogP contribution in [0.2, 0.25) is 10.0 Å². The predicted molar refractivity (Wildman–Crippen MR) is 87.0 cm³/mol. The molecule has 2 rings (SSSR count). The topological polar surface area (TPSA) is 72.2 Å². The van der Waals surface area contributed by atoms with Crippen LogP contribution < -0.4 is 10.5 Å². The van der Waals surface area contributed by atoms with Crippen molar-refractivity contribution in [3.63, 3.8) is 0 Å². The maximum Gasteiger partial charge on any atom is 0.216 e. The van der Waals surface area contributed by atoms with E-state index >= 15 is 0 Å². The van der Waals surface area contributed by atoms with Crippen LogP contribution in [0.25, 0.3) is 0 Å². The molecule has 1 aliphatic rings. The van der Waals surface area contributed by atoms with Crippen LogP contribution in [0.1, 0.15) is 31.2 Å². The molecule has 1 aliphatic carbocycles. The minimum atomic E-state index is -3.41. The monoisotopic (exact) mass is 350 g/mol. The lowest BCUT2D eigenvalue weighted by Crippen LogP contribution is -2.45. The molecule has 1 aromatic carbocycles. The molecule has 0 aromatic heterocycles. The van der Waals surface area contributed by atoms with Gasteiger partial charge in [0.2, 0.25) is 10.0 Å². The van der Waals surface area contributed by atoms with Crippen molar-refractivity contribution in [2.75, 3.05) is 6.54 Å². The molecule has 0 saturated heterocycles. The first-order chi connectivity index (χ1) is 9.91. The highest BCUT2D eigenvalue weighted by Crippen LogP contribution is 2.26. The summed E-state index contributed by atoms with van der Waals surface area (Å²) in [6.07, 6.45) is 3.99. The Hall–Kier alpha value is -0.330. The normalized spacial score (nSPS) is 23.2. The zero-order valence-corrected chi connectivity index (χ0v) is 14.0. The molecule has 1 saturated carbocycles. The van der Waals surface area contributed by atoms with E-state index in [0.29, 0.717) is 22.2 Å². The van der Waals surface area contributed by atoms with Gasteiger partial charge in [-0.1, -0.05) is 42.1 Å². The number of benzene rings is 1. The van der Waals surface area contributed by atoms with Crippen molar-refractivity contribution in [2.24, 2.45) is 11.7 Å². The highest BCUT2D eigenvalue weighted by atomic mass is 35.5. The van der Waals surface area contributed by atoms with E-state index in [4.69, 9.17) is 28.9 Å². The summed E-state index contributed by atoms with van der Waals surface area (Å²) in [5.74, 6) is 0.125. The highest BCUT2D eigenvalue weighted by Gasteiger charge is 2.27. The van der Waals surface area contributed by atoms with Gasteiger partial charge in [-0.2, -0.15) is 0 Å². The molecular formula is C14H20Cl2N2O2S. The largest absolute Gasteiger partial charge is 0.330 e. The molecule has 0 radical (unpaired) electrons. The van der Waals surface area contributed by atoms with Crippen molar-refractivity contribution in [3.8, 4) is 0 Å². The van der Waals surface area contributed by atoms with Gasteiger partial charge in [-0.3, -0.25) is 0 Å². The van der Waals surface area contributed by atoms with Gasteiger partial charge in [0, 0.05) is 6.04 Å². The summed E-state index contributed by atoms with van der Waals surface area (Å²) in [5.41, 5.74) is 6.36. The molecule has 0 bridgehead atoms. The van der Waals surface area contributed by atoms with Gasteiger partial charge in [-0.05, 0) is 43.0 Å². The number of nitrogens with two attached hydrogens (primary N) is 1. The SMILES string of the molecule is NCC1CCCCC1NS(=O)(=O)Cc1ccc(Cl)c(Cl)c1. The van der Waals surface area contributed by atoms with Gasteiger partial charge in [-0.25, -0.2) is 13.1 Å². The Morgan fingerprint density at radius 3 is 2.57 bits per heavy atom. The molecule has 0 aliphatic heterocycles. The summed E-state index contributed by atoms with van der Waals surface area (Å²) in [6, 6.07) is 4.81. The van der Waals surface area contributed by atoms with Gasteiger partial charge in [0.25, 0.3) is 0 Å². The first-order valence-corrected chi connectivity index (χ1v) is 9.46. The van der Waals surface area contributed by atoms with E-state index in [0.717, 1.165) is 25.7 Å². The van der Waals surface area contributed by atoms with Crippen LogP contribution >= 0.6 is 23.2 Å². The summed E-state index contributed by atoms with van der Waals surface area (Å²) < 4.78 is 27.4. The van der Waals surface area contributed by atoms with E-state index in [-0.39, 0.29) is 17.7 Å². The van der Waals surface area contributed by atoms with Gasteiger partial charge in [0.05, 0.1) is 15.8 Å². The molecule has 3 N–H and O–H groups in total. The van der Waals surface area contributed by atoms with Crippen molar-refractivity contribution in [3.05, 3.63) is 33.8 Å². The van der Waals surface area contributed by atoms with Crippen LogP contribution in [-0.2, 0) is 15.8 Å². The van der Waals surface area contributed by atoms with Crippen molar-refractivity contribution in [1.29, 1.82) is 0 Å². The fourth-order valence-corrected chi connectivity index (χ4v) is 4.56. The van der Waals surface area contributed by atoms with Crippen LogP contribution in [0.4, 0.5) is 0 Å². The van der Waals surface area contributed by atoms with E-state index in [9.17, 15) is 8.42 Å². The molecule has 0 amide bonds. The lowest BCUT2D eigenvalue weighted by Gasteiger charge is -2.31. The van der Waals surface area contributed by atoms with Gasteiger partial charge in [-0.15, -0.1) is 0 Å². The summed E-state index contributed by atoms with van der Waals surface area (Å²) in [4.78, 5) is 0. The second-order valence-corrected chi connectivity index (χ2v) is 8.08. The van der Waals surface area contributed by atoms with E-state index in [1.54, 1.807) is 18.2 Å². The minimum absolute atomic E-state index is 0.0588. The van der Waals surface area contributed by atoms with Crippen LogP contribution in [0.5, 0.6) is 0 Å². The van der Waals surface area contributed by atoms with Crippen molar-refractivity contribution < 1.29 is 8.42 Å². The molecule has 0 spiro atoms. The standard InChI is InChI=1S/C14H20Cl2N2O2S/c15-12-6-5-10(7-13(12)16)9-21(19,20)18-14-4-2-1-3-11(14)8-17/h5-7,11,14,18H,1-4,8-9,17H2. The van der Waals surface area contributed by atoms with Crippen molar-refractivity contribution in [2.45, 2.75) is 37.5 Å². The van der Waals surface area contributed by atoms with Gasteiger partial charge >= 0.3 is 0 Å². The highest BCUT2D eigenvalue weighted by molar-refractivity contribution is 7.88. The fraction of sp³-hybridized carbons (Fsp3) is 0.571. The maximum absolute atomic E-state index is 12.3. The first-order valence-electron chi connectivity index (χ1n) is 7.05. The second kappa shape index (κ2) is 7.29. The Labute approximate surface area is 136 Å². The Morgan fingerprint density at radius 2 is 1.90 bits per heavy atom. The molecule has 7 heteroatoms. The minimum Gasteiger partial charge on any atom is -0.330 e. The number of hydrogen-bond acceptors (Lipinski definition) is 3. The summed E-state index contributed by atoms with van der Waals surface area (Å²) in [5, 5.41) is 0.781. The Morgan fingerprint density at radius 1 is 1.19 bits per heavy atom. The van der Waals surface area contributed by atoms with Crippen LogP contribution in [-0.4, -0.2) is 21.0 Å². The molecule has 1 fully saturated rings. The molecule has 2 atom stereocenters. The third-order valence-corrected chi connectivity index (χ3v) is 6.00. The molecular weight excluding hydrogens is 331 g/mol. The Balaban J connectivity index is 2.05. The van der Waals surface area contributed by atoms with Crippen LogP contribution in [0, 0.1) is 5.92 Å². The predicted octanol–water partition coefficient (Wildman–Crippen LogP) is 2.93. The van der Waals surface area contributed by atoms with Crippen molar-refractivity contribution >= 4 is 33.2 Å². The second-order valence-electron chi connectivity index (χ2n) is 5.51. The molecule has 2 unspecified atom stereocenters. The van der Waals surface area contributed by atoms with Crippen molar-refractivity contribution in [1.82, 2.24) is 4.72 Å². The smallest absolute Gasteiger partial charge is 0.216 e. The summed E-state index contributed by atoms with van der Waals surface area (Å²) in [7, 11) is -3.41. The third-order valence-electron chi connectivity index (χ3n) is 3.88. The summed E-state index contributed by atoms with van der Waals surface area (Å²) >= 11 is 11.8. The average molecular weight is 351 g/mol. The number of rotatable bonds is 5. The fourth-order valence-electron chi connectivity index (χ4n) is 2.77. The number of hydrogen-bond donors (Lipinski definition) is 2. The van der Waals surface area contributed by atoms with E-state index in [1.807, 2.05) is 0 Å². The molecule has 1 aromatic rings.